The van der Waals surface area contributed by atoms with Gasteiger partial charge in [-0.1, -0.05) is 29.8 Å². The van der Waals surface area contributed by atoms with Gasteiger partial charge in [0, 0.05) is 24.9 Å². The predicted octanol–water partition coefficient (Wildman–Crippen LogP) is 3.51. The summed E-state index contributed by atoms with van der Waals surface area (Å²) in [6.07, 6.45) is -10.4. The first-order valence-electron chi connectivity index (χ1n) is 10.2. The molecule has 1 aromatic rings. The number of alkyl halides is 6. The number of aryl methyl sites for hydroxylation is 1. The average Bonchev–Trinajstić information content (AvgIpc) is 3.42. The number of rotatable bonds is 2. The monoisotopic (exact) mass is 493 g/mol. The van der Waals surface area contributed by atoms with Crippen molar-refractivity contribution in [3.8, 4) is 0 Å². The van der Waals surface area contributed by atoms with Crippen LogP contribution in [0.4, 0.5) is 26.3 Å². The van der Waals surface area contributed by atoms with Gasteiger partial charge < -0.3 is 9.47 Å². The molecule has 1 aromatic carbocycles. The van der Waals surface area contributed by atoms with Gasteiger partial charge >= 0.3 is 12.4 Å². The number of benzene rings is 1. The lowest BCUT2D eigenvalue weighted by Gasteiger charge is -2.51. The molecule has 0 aromatic heterocycles. The van der Waals surface area contributed by atoms with Crippen LogP contribution in [0.3, 0.4) is 0 Å². The highest BCUT2D eigenvalue weighted by Gasteiger charge is 2.82. The van der Waals surface area contributed by atoms with Gasteiger partial charge in [0.1, 0.15) is 11.2 Å². The van der Waals surface area contributed by atoms with Crippen molar-refractivity contribution in [2.75, 3.05) is 13.1 Å². The van der Waals surface area contributed by atoms with Gasteiger partial charge in [0.25, 0.3) is 0 Å². The number of sulfonamides is 1. The number of ether oxygens (including phenoxy) is 2. The largest absolute Gasteiger partial charge is 0.415 e. The van der Waals surface area contributed by atoms with Crippen LogP contribution in [0.5, 0.6) is 0 Å². The molecule has 0 radical (unpaired) electrons. The summed E-state index contributed by atoms with van der Waals surface area (Å²) in [4.78, 5) is -0.173. The summed E-state index contributed by atoms with van der Waals surface area (Å²) in [5, 5.41) is 0. The second-order valence-electron chi connectivity index (χ2n) is 9.25. The summed E-state index contributed by atoms with van der Waals surface area (Å²) in [5.41, 5.74) is -6.84. The van der Waals surface area contributed by atoms with Crippen LogP contribution in [0.2, 0.25) is 0 Å². The van der Waals surface area contributed by atoms with E-state index in [2.05, 4.69) is 0 Å². The van der Waals surface area contributed by atoms with Crippen molar-refractivity contribution in [1.29, 1.82) is 0 Å². The molecule has 5 aliphatic rings. The van der Waals surface area contributed by atoms with Crippen LogP contribution in [0.15, 0.2) is 52.5 Å². The number of halogens is 6. The Hall–Kier alpha value is -1.89. The van der Waals surface area contributed by atoms with Crippen molar-refractivity contribution < 1.29 is 44.2 Å². The highest BCUT2D eigenvalue weighted by Crippen LogP contribution is 2.71. The Labute approximate surface area is 184 Å². The number of piperidine rings is 1. The number of nitrogens with zero attached hydrogens (tertiary/aromatic N) is 1. The molecule has 6 atom stereocenters. The zero-order chi connectivity index (χ0) is 23.8. The van der Waals surface area contributed by atoms with Crippen molar-refractivity contribution in [3.05, 3.63) is 53.1 Å². The first-order valence-corrected chi connectivity index (χ1v) is 11.7. The fourth-order valence-corrected chi connectivity index (χ4v) is 7.99. The first kappa shape index (κ1) is 21.6. The molecule has 0 N–H and O–H groups in total. The average molecular weight is 493 g/mol. The minimum Gasteiger partial charge on any atom is -0.361 e. The van der Waals surface area contributed by atoms with E-state index in [0.29, 0.717) is 0 Å². The maximum absolute atomic E-state index is 14.2. The Morgan fingerprint density at radius 2 is 1.67 bits per heavy atom. The molecule has 3 fully saturated rings. The Bertz CT molecular complexity index is 1220. The molecule has 3 saturated heterocycles. The normalized spacial score (nSPS) is 39.6. The van der Waals surface area contributed by atoms with E-state index in [9.17, 15) is 34.8 Å². The van der Waals surface area contributed by atoms with Gasteiger partial charge in [-0.25, -0.2) is 8.42 Å². The first-order chi connectivity index (χ1) is 15.2. The smallest absolute Gasteiger partial charge is 0.361 e. The van der Waals surface area contributed by atoms with Crippen LogP contribution in [-0.2, 0) is 19.5 Å². The molecule has 5 aliphatic heterocycles. The van der Waals surface area contributed by atoms with Gasteiger partial charge in [-0.15, -0.1) is 0 Å². The summed E-state index contributed by atoms with van der Waals surface area (Å²) in [7, 11) is -4.35. The number of hydrogen-bond acceptors (Lipinski definition) is 4. The lowest BCUT2D eigenvalue weighted by Crippen LogP contribution is -2.67. The van der Waals surface area contributed by atoms with Crippen molar-refractivity contribution >= 4 is 10.0 Å². The molecule has 0 unspecified atom stereocenters. The van der Waals surface area contributed by atoms with Gasteiger partial charge in [0.2, 0.25) is 10.0 Å². The lowest BCUT2D eigenvalue weighted by atomic mass is 9.59. The fraction of sp³-hybridized carbons (Fsp3) is 0.524. The van der Waals surface area contributed by atoms with Gasteiger partial charge in [-0.3, -0.25) is 0 Å². The zero-order valence-electron chi connectivity index (χ0n) is 16.9. The maximum atomic E-state index is 14.2. The van der Waals surface area contributed by atoms with Gasteiger partial charge in [-0.2, -0.15) is 30.6 Å². The SMILES string of the molecule is Cc1ccc(S(=O)(=O)N2C[C@@]34C=C[C@@H](O3)[C@@H]3[C@H]4[C@]4(C2)O[C@H]3C(C(F)(F)F)=C4C(F)(F)F)cc1. The van der Waals surface area contributed by atoms with E-state index >= 15 is 0 Å². The molecule has 0 saturated carbocycles. The van der Waals surface area contributed by atoms with Gasteiger partial charge in [0.05, 0.1) is 28.2 Å². The van der Waals surface area contributed by atoms with Gasteiger partial charge in [0.15, 0.2) is 0 Å². The Morgan fingerprint density at radius 1 is 1.00 bits per heavy atom. The third kappa shape index (κ3) is 2.58. The molecule has 5 nitrogen and oxygen atoms in total. The van der Waals surface area contributed by atoms with E-state index in [1.807, 2.05) is 0 Å². The second-order valence-corrected chi connectivity index (χ2v) is 11.2. The molecule has 0 amide bonds. The molecular formula is C21H17F6NO4S. The number of fused-ring (bicyclic) bond motifs is 4. The molecule has 5 heterocycles. The maximum Gasteiger partial charge on any atom is 0.415 e. The van der Waals surface area contributed by atoms with Crippen LogP contribution in [-0.4, -0.2) is 61.6 Å². The van der Waals surface area contributed by atoms with Crippen molar-refractivity contribution in [2.24, 2.45) is 11.8 Å². The quantitative estimate of drug-likeness (QED) is 0.468. The second kappa shape index (κ2) is 6.02. The highest BCUT2D eigenvalue weighted by molar-refractivity contribution is 7.89. The lowest BCUT2D eigenvalue weighted by molar-refractivity contribution is -0.156. The summed E-state index contributed by atoms with van der Waals surface area (Å²) < 4.78 is 123. The third-order valence-electron chi connectivity index (χ3n) is 7.46. The molecular weight excluding hydrogens is 476 g/mol. The fourth-order valence-electron chi connectivity index (χ4n) is 6.48. The molecule has 2 spiro atoms. The highest BCUT2D eigenvalue weighted by atomic mass is 32.2. The summed E-state index contributed by atoms with van der Waals surface area (Å²) in [6.45, 7) is 0.558. The standard InChI is InChI=1S/C21H17F6NO4S/c1-10-2-4-11(5-3-10)33(29,30)28-8-18-7-6-12(31-18)13-15-14(20(22,23)24)17(21(25,26)27)19(9-28,32-15)16(13)18/h2-7,12-13,15-16H,8-9H2,1H3/t12-,13+,15-,16-,18-,19+/m1/s1. The Balaban J connectivity index is 1.56. The molecule has 6 rings (SSSR count). The van der Waals surface area contributed by atoms with Crippen LogP contribution in [0.1, 0.15) is 5.56 Å². The minimum atomic E-state index is -5.37. The molecule has 12 heteroatoms. The van der Waals surface area contributed by atoms with Crippen LogP contribution in [0, 0.1) is 18.8 Å². The van der Waals surface area contributed by atoms with E-state index in [1.165, 1.54) is 36.4 Å². The summed E-state index contributed by atoms with van der Waals surface area (Å²) in [6, 6.07) is 5.69. The Kier molecular flexibility index (Phi) is 3.95. The van der Waals surface area contributed by atoms with Crippen LogP contribution >= 0.6 is 0 Å². The van der Waals surface area contributed by atoms with Gasteiger partial charge in [-0.05, 0) is 19.1 Å². The van der Waals surface area contributed by atoms with Crippen LogP contribution < -0.4 is 0 Å². The van der Waals surface area contributed by atoms with E-state index < -0.39 is 75.3 Å². The molecule has 178 valence electrons. The zero-order valence-corrected chi connectivity index (χ0v) is 17.8. The van der Waals surface area contributed by atoms with Crippen LogP contribution in [0.25, 0.3) is 0 Å². The predicted molar refractivity (Wildman–Crippen MR) is 100 cm³/mol. The minimum absolute atomic E-state index is 0.173. The number of hydrogen-bond donors (Lipinski definition) is 0. The molecule has 33 heavy (non-hydrogen) atoms. The third-order valence-corrected chi connectivity index (χ3v) is 9.27. The van der Waals surface area contributed by atoms with Crippen molar-refractivity contribution in [2.45, 2.75) is 47.6 Å². The van der Waals surface area contributed by atoms with E-state index in [-0.39, 0.29) is 11.4 Å². The Morgan fingerprint density at radius 3 is 2.27 bits per heavy atom. The summed E-state index contributed by atoms with van der Waals surface area (Å²) in [5.74, 6) is -2.04. The molecule has 0 aliphatic carbocycles. The van der Waals surface area contributed by atoms with E-state index in [4.69, 9.17) is 9.47 Å². The van der Waals surface area contributed by atoms with E-state index in [1.54, 1.807) is 6.92 Å². The van der Waals surface area contributed by atoms with Crippen molar-refractivity contribution in [1.82, 2.24) is 4.31 Å². The summed E-state index contributed by atoms with van der Waals surface area (Å²) >= 11 is 0. The van der Waals surface area contributed by atoms with E-state index in [0.717, 1.165) is 9.87 Å². The molecule has 4 bridgehead atoms. The van der Waals surface area contributed by atoms with Crippen molar-refractivity contribution in [3.63, 3.8) is 0 Å². The topological polar surface area (TPSA) is 55.8 Å².